The van der Waals surface area contributed by atoms with Gasteiger partial charge in [0.15, 0.2) is 5.78 Å². The Bertz CT molecular complexity index is 694. The van der Waals surface area contributed by atoms with Gasteiger partial charge >= 0.3 is 5.97 Å². The van der Waals surface area contributed by atoms with Gasteiger partial charge in [-0.25, -0.2) is 9.18 Å². The molecule has 0 aromatic rings. The second-order valence-electron chi connectivity index (χ2n) is 9.30. The second-order valence-corrected chi connectivity index (χ2v) is 9.30. The highest BCUT2D eigenvalue weighted by Gasteiger charge is 2.56. The van der Waals surface area contributed by atoms with Crippen molar-refractivity contribution in [1.29, 1.82) is 0 Å². The minimum absolute atomic E-state index is 0.0689. The number of carbonyl (C=O) groups is 2. The van der Waals surface area contributed by atoms with Crippen LogP contribution in [0.25, 0.3) is 0 Å². The molecular formula is C22H30FNO4. The largest absolute Gasteiger partial charge is 0.462 e. The van der Waals surface area contributed by atoms with Gasteiger partial charge in [0.2, 0.25) is 0 Å². The van der Waals surface area contributed by atoms with E-state index in [4.69, 9.17) is 9.47 Å². The number of halogens is 1. The summed E-state index contributed by atoms with van der Waals surface area (Å²) >= 11 is 0. The van der Waals surface area contributed by atoms with Crippen molar-refractivity contribution in [2.45, 2.75) is 88.8 Å². The number of morpholine rings is 1. The molecule has 4 fully saturated rings. The number of ketones is 1. The zero-order chi connectivity index (χ0) is 19.4. The number of hydrogen-bond donors (Lipinski definition) is 0. The average molecular weight is 391 g/mol. The van der Waals surface area contributed by atoms with Gasteiger partial charge in [-0.15, -0.1) is 0 Å². The van der Waals surface area contributed by atoms with Crippen molar-refractivity contribution in [2.75, 3.05) is 6.61 Å². The molecule has 154 valence electrons. The van der Waals surface area contributed by atoms with Crippen LogP contribution in [0.2, 0.25) is 0 Å². The smallest absolute Gasteiger partial charge is 0.343 e. The van der Waals surface area contributed by atoms with Crippen LogP contribution in [0, 0.1) is 17.8 Å². The first-order valence-electron chi connectivity index (χ1n) is 11.1. The summed E-state index contributed by atoms with van der Waals surface area (Å²) in [5.74, 6) is 0.0525. The van der Waals surface area contributed by atoms with Crippen molar-refractivity contribution >= 4 is 11.8 Å². The Labute approximate surface area is 165 Å². The predicted octanol–water partition coefficient (Wildman–Crippen LogP) is 3.17. The Kier molecular flexibility index (Phi) is 4.73. The van der Waals surface area contributed by atoms with Crippen LogP contribution in [0.15, 0.2) is 11.8 Å². The monoisotopic (exact) mass is 391 g/mol. The summed E-state index contributed by atoms with van der Waals surface area (Å²) in [5.41, 5.74) is 0.0994. The Morgan fingerprint density at radius 3 is 2.68 bits per heavy atom. The second kappa shape index (κ2) is 7.12. The van der Waals surface area contributed by atoms with Crippen LogP contribution in [-0.2, 0) is 19.1 Å². The molecule has 0 bridgehead atoms. The fourth-order valence-corrected chi connectivity index (χ4v) is 6.64. The Hall–Kier alpha value is -1.43. The van der Waals surface area contributed by atoms with Crippen molar-refractivity contribution < 1.29 is 23.5 Å². The Morgan fingerprint density at radius 2 is 1.93 bits per heavy atom. The van der Waals surface area contributed by atoms with Gasteiger partial charge in [0, 0.05) is 18.5 Å². The van der Waals surface area contributed by atoms with Crippen LogP contribution in [0.4, 0.5) is 4.39 Å². The van der Waals surface area contributed by atoms with Crippen LogP contribution < -0.4 is 0 Å². The molecule has 5 rings (SSSR count). The molecule has 8 atom stereocenters. The fraction of sp³-hybridized carbons (Fsp3) is 0.818. The van der Waals surface area contributed by atoms with E-state index >= 15 is 0 Å². The maximum Gasteiger partial charge on any atom is 0.343 e. The first kappa shape index (κ1) is 18.6. The number of Topliss-reactive ketones (excluding diaryl/α,β-unsaturated/α-hetero) is 1. The van der Waals surface area contributed by atoms with E-state index in [9.17, 15) is 14.0 Å². The molecule has 0 spiro atoms. The highest BCUT2D eigenvalue weighted by molar-refractivity contribution is 6.18. The van der Waals surface area contributed by atoms with Crippen LogP contribution in [0.1, 0.15) is 58.3 Å². The molecule has 1 saturated heterocycles. The van der Waals surface area contributed by atoms with Gasteiger partial charge in [-0.1, -0.05) is 25.7 Å². The molecule has 28 heavy (non-hydrogen) atoms. The molecule has 5 nitrogen and oxygen atoms in total. The van der Waals surface area contributed by atoms with Gasteiger partial charge in [0.25, 0.3) is 0 Å². The Morgan fingerprint density at radius 1 is 1.18 bits per heavy atom. The maximum atomic E-state index is 14.5. The summed E-state index contributed by atoms with van der Waals surface area (Å²) in [6.45, 7) is 1.96. The molecule has 5 aliphatic rings. The summed E-state index contributed by atoms with van der Waals surface area (Å²) in [7, 11) is 0. The van der Waals surface area contributed by atoms with E-state index in [-0.39, 0.29) is 48.7 Å². The number of nitrogens with zero attached hydrogens (tertiary/aromatic N) is 1. The van der Waals surface area contributed by atoms with E-state index in [0.29, 0.717) is 18.3 Å². The zero-order valence-electron chi connectivity index (χ0n) is 16.5. The molecule has 0 aromatic carbocycles. The third kappa shape index (κ3) is 2.90. The van der Waals surface area contributed by atoms with Gasteiger partial charge in [0.1, 0.15) is 11.7 Å². The minimum atomic E-state index is -1.05. The molecule has 0 radical (unpaired) electrons. The predicted molar refractivity (Wildman–Crippen MR) is 100 cm³/mol. The molecular weight excluding hydrogens is 361 g/mol. The van der Waals surface area contributed by atoms with Crippen molar-refractivity contribution in [2.24, 2.45) is 17.8 Å². The summed E-state index contributed by atoms with van der Waals surface area (Å²) in [6, 6.07) is 0.0378. The van der Waals surface area contributed by atoms with Crippen LogP contribution >= 0.6 is 0 Å². The van der Waals surface area contributed by atoms with Crippen molar-refractivity contribution in [1.82, 2.24) is 4.90 Å². The molecule has 3 saturated carbocycles. The third-order valence-corrected chi connectivity index (χ3v) is 7.82. The normalized spacial score (nSPS) is 44.7. The lowest BCUT2D eigenvalue weighted by molar-refractivity contribution is -0.199. The van der Waals surface area contributed by atoms with E-state index in [1.807, 2.05) is 0 Å². The lowest BCUT2D eigenvalue weighted by atomic mass is 9.65. The number of hydrogen-bond acceptors (Lipinski definition) is 5. The first-order chi connectivity index (χ1) is 13.6. The van der Waals surface area contributed by atoms with Crippen LogP contribution in [-0.4, -0.2) is 53.7 Å². The number of esters is 1. The van der Waals surface area contributed by atoms with Gasteiger partial charge in [0.05, 0.1) is 30.9 Å². The van der Waals surface area contributed by atoms with Crippen molar-refractivity contribution in [3.05, 3.63) is 11.8 Å². The number of ether oxygens (including phenoxy) is 2. The molecule has 2 heterocycles. The maximum absolute atomic E-state index is 14.5. The summed E-state index contributed by atoms with van der Waals surface area (Å²) in [4.78, 5) is 27.7. The van der Waals surface area contributed by atoms with Gasteiger partial charge in [-0.3, -0.25) is 4.79 Å². The van der Waals surface area contributed by atoms with E-state index < -0.39 is 18.1 Å². The van der Waals surface area contributed by atoms with Crippen LogP contribution in [0.3, 0.4) is 0 Å². The molecule has 0 amide bonds. The standard InChI is InChI=1S/C22H30FNO4/c1-2-27-22(26)16-11-24-17-7-12-5-3-4-6-13(12)8-18(17)28-19-10-14(23)9-15(20(19)24)21(16)25/h11-15,17-20H,2-10H2,1H3. The third-order valence-electron chi connectivity index (χ3n) is 7.82. The summed E-state index contributed by atoms with van der Waals surface area (Å²) in [5, 5.41) is 0. The highest BCUT2D eigenvalue weighted by Crippen LogP contribution is 2.49. The summed E-state index contributed by atoms with van der Waals surface area (Å²) in [6.07, 6.45) is 8.21. The van der Waals surface area contributed by atoms with E-state index in [1.54, 1.807) is 13.1 Å². The van der Waals surface area contributed by atoms with Gasteiger partial charge in [-0.2, -0.15) is 0 Å². The van der Waals surface area contributed by atoms with E-state index in [0.717, 1.165) is 12.8 Å². The van der Waals surface area contributed by atoms with Gasteiger partial charge < -0.3 is 14.4 Å². The summed E-state index contributed by atoms with van der Waals surface area (Å²) < 4.78 is 26.1. The quantitative estimate of drug-likeness (QED) is 0.535. The minimum Gasteiger partial charge on any atom is -0.462 e. The molecule has 0 aromatic heterocycles. The average Bonchev–Trinajstić information content (AvgIpc) is 2.68. The van der Waals surface area contributed by atoms with Crippen molar-refractivity contribution in [3.63, 3.8) is 0 Å². The zero-order valence-corrected chi connectivity index (χ0v) is 16.5. The topological polar surface area (TPSA) is 55.8 Å². The molecule has 2 aliphatic heterocycles. The first-order valence-corrected chi connectivity index (χ1v) is 11.1. The fourth-order valence-electron chi connectivity index (χ4n) is 6.64. The number of rotatable bonds is 2. The number of alkyl halides is 1. The number of fused-ring (bicyclic) bond motifs is 3. The lowest BCUT2D eigenvalue weighted by Gasteiger charge is -2.59. The highest BCUT2D eigenvalue weighted by atomic mass is 19.1. The number of carbonyl (C=O) groups excluding carboxylic acids is 2. The van der Waals surface area contributed by atoms with Gasteiger partial charge in [-0.05, 0) is 38.0 Å². The molecule has 3 aliphatic carbocycles. The van der Waals surface area contributed by atoms with Crippen LogP contribution in [0.5, 0.6) is 0 Å². The van der Waals surface area contributed by atoms with E-state index in [1.165, 1.54) is 25.7 Å². The molecule has 8 unspecified atom stereocenters. The SMILES string of the molecule is CCOC(=O)C1=CN2C3CC4CCCCC4CC3OC3CC(F)CC(C1=O)C32. The lowest BCUT2D eigenvalue weighted by Crippen LogP contribution is -2.68. The van der Waals surface area contributed by atoms with E-state index in [2.05, 4.69) is 4.90 Å². The molecule has 6 heteroatoms. The van der Waals surface area contributed by atoms with Crippen molar-refractivity contribution in [3.8, 4) is 0 Å². The Balaban J connectivity index is 1.51. The molecule has 0 N–H and O–H groups in total.